The van der Waals surface area contributed by atoms with E-state index in [1.807, 2.05) is 35.9 Å². The molecule has 1 aliphatic carbocycles. The average Bonchev–Trinajstić information content (AvgIpc) is 3.05. The molecule has 2 aliphatic rings. The topological polar surface area (TPSA) is 51.1 Å². The van der Waals surface area contributed by atoms with E-state index in [4.69, 9.17) is 14.7 Å². The molecule has 0 atom stereocenters. The smallest absolute Gasteiger partial charge is 0.163 e. The van der Waals surface area contributed by atoms with Crippen LogP contribution in [0.3, 0.4) is 0 Å². The lowest BCUT2D eigenvalue weighted by molar-refractivity contribution is 0.122. The fourth-order valence-corrected chi connectivity index (χ4v) is 5.38. The molecule has 0 amide bonds. The van der Waals surface area contributed by atoms with E-state index in [9.17, 15) is 0 Å². The molecule has 0 radical (unpaired) electrons. The van der Waals surface area contributed by atoms with E-state index in [-0.39, 0.29) is 0 Å². The van der Waals surface area contributed by atoms with Crippen molar-refractivity contribution < 1.29 is 4.74 Å². The number of morpholine rings is 1. The Bertz CT molecular complexity index is 934. The number of aryl methyl sites for hydroxylation is 2. The van der Waals surface area contributed by atoms with E-state index in [1.54, 1.807) is 0 Å². The summed E-state index contributed by atoms with van der Waals surface area (Å²) in [7, 11) is 0. The molecule has 4 heterocycles. The zero-order valence-electron chi connectivity index (χ0n) is 15.5. The summed E-state index contributed by atoms with van der Waals surface area (Å²) < 4.78 is 5.59. The second kappa shape index (κ2) is 7.52. The molecule has 6 heteroatoms. The van der Waals surface area contributed by atoms with Crippen LogP contribution in [0.15, 0.2) is 24.5 Å². The highest BCUT2D eigenvalue weighted by Crippen LogP contribution is 2.40. The molecule has 0 aromatic carbocycles. The molecular weight excluding hydrogens is 356 g/mol. The van der Waals surface area contributed by atoms with Crippen LogP contribution in [-0.4, -0.2) is 41.3 Å². The number of thiophene rings is 1. The third-order valence-electron chi connectivity index (χ3n) is 5.54. The quantitative estimate of drug-likeness (QED) is 0.665. The largest absolute Gasteiger partial charge is 0.378 e. The summed E-state index contributed by atoms with van der Waals surface area (Å²) in [6, 6.07) is 3.99. The van der Waals surface area contributed by atoms with Crippen LogP contribution in [0.1, 0.15) is 36.1 Å². The first-order chi connectivity index (χ1) is 13.4. The summed E-state index contributed by atoms with van der Waals surface area (Å²) in [6.45, 7) is 3.32. The molecule has 5 rings (SSSR count). The number of anilines is 1. The molecule has 3 aromatic rings. The van der Waals surface area contributed by atoms with Gasteiger partial charge >= 0.3 is 0 Å². The number of pyridine rings is 1. The van der Waals surface area contributed by atoms with Gasteiger partial charge in [-0.15, -0.1) is 11.3 Å². The van der Waals surface area contributed by atoms with E-state index in [1.165, 1.54) is 47.9 Å². The van der Waals surface area contributed by atoms with Crippen LogP contribution in [0.5, 0.6) is 0 Å². The third-order valence-corrected chi connectivity index (χ3v) is 6.73. The second-order valence-electron chi connectivity index (χ2n) is 7.30. The summed E-state index contributed by atoms with van der Waals surface area (Å²) in [6.07, 6.45) is 11.2. The van der Waals surface area contributed by atoms with Crippen LogP contribution in [0.25, 0.3) is 21.6 Å². The SMILES string of the molecule is c1cc(-c2nc(N3CCOCC3)c3c4c(sc3n2)CCCCCC4)ccn1. The van der Waals surface area contributed by atoms with Crippen LogP contribution >= 0.6 is 11.3 Å². The first-order valence-electron chi connectivity index (χ1n) is 9.95. The highest BCUT2D eigenvalue weighted by Gasteiger charge is 2.24. The lowest BCUT2D eigenvalue weighted by Crippen LogP contribution is -2.37. The molecule has 0 bridgehead atoms. The van der Waals surface area contributed by atoms with Crippen molar-refractivity contribution in [2.24, 2.45) is 0 Å². The summed E-state index contributed by atoms with van der Waals surface area (Å²) >= 11 is 1.88. The molecule has 0 N–H and O–H groups in total. The third kappa shape index (κ3) is 3.32. The fraction of sp³-hybridized carbons (Fsp3) is 0.476. The van der Waals surface area contributed by atoms with Gasteiger partial charge in [-0.05, 0) is 43.4 Å². The Balaban J connectivity index is 1.71. The van der Waals surface area contributed by atoms with Crippen molar-refractivity contribution in [2.45, 2.75) is 38.5 Å². The standard InChI is InChI=1S/C21H24N4OS/c1-2-4-6-17-16(5-3-1)18-20(25-11-13-26-14-12-25)23-19(24-21(18)27-17)15-7-9-22-10-8-15/h7-10H,1-6,11-14H2. The van der Waals surface area contributed by atoms with Crippen molar-refractivity contribution in [2.75, 3.05) is 31.2 Å². The molecule has 1 aliphatic heterocycles. The molecule has 0 saturated carbocycles. The highest BCUT2D eigenvalue weighted by molar-refractivity contribution is 7.19. The number of aromatic nitrogens is 3. The van der Waals surface area contributed by atoms with Crippen molar-refractivity contribution in [3.05, 3.63) is 35.0 Å². The zero-order valence-corrected chi connectivity index (χ0v) is 16.3. The minimum absolute atomic E-state index is 0.766. The van der Waals surface area contributed by atoms with Gasteiger partial charge in [0, 0.05) is 35.9 Å². The van der Waals surface area contributed by atoms with Crippen LogP contribution < -0.4 is 4.90 Å². The Labute approximate surface area is 163 Å². The predicted octanol–water partition coefficient (Wildman–Crippen LogP) is 4.25. The Hall–Kier alpha value is -2.05. The molecule has 1 fully saturated rings. The van der Waals surface area contributed by atoms with Gasteiger partial charge in [-0.3, -0.25) is 4.98 Å². The minimum Gasteiger partial charge on any atom is -0.378 e. The Morgan fingerprint density at radius 1 is 0.926 bits per heavy atom. The van der Waals surface area contributed by atoms with Gasteiger partial charge in [-0.2, -0.15) is 0 Å². The molecule has 3 aromatic heterocycles. The Morgan fingerprint density at radius 2 is 1.70 bits per heavy atom. The number of nitrogens with zero attached hydrogens (tertiary/aromatic N) is 4. The number of fused-ring (bicyclic) bond motifs is 3. The van der Waals surface area contributed by atoms with Crippen LogP contribution in [-0.2, 0) is 17.6 Å². The average molecular weight is 381 g/mol. The Morgan fingerprint density at radius 3 is 2.52 bits per heavy atom. The number of ether oxygens (including phenoxy) is 1. The fourth-order valence-electron chi connectivity index (χ4n) is 4.13. The van der Waals surface area contributed by atoms with Gasteiger partial charge in [-0.1, -0.05) is 12.8 Å². The first-order valence-corrected chi connectivity index (χ1v) is 10.8. The van der Waals surface area contributed by atoms with Crippen LogP contribution in [0, 0.1) is 0 Å². The minimum atomic E-state index is 0.766. The van der Waals surface area contributed by atoms with E-state index < -0.39 is 0 Å². The lowest BCUT2D eigenvalue weighted by atomic mass is 9.97. The monoisotopic (exact) mass is 380 g/mol. The summed E-state index contributed by atoms with van der Waals surface area (Å²) in [5.41, 5.74) is 2.54. The Kier molecular flexibility index (Phi) is 4.76. The van der Waals surface area contributed by atoms with Crippen LogP contribution in [0.4, 0.5) is 5.82 Å². The van der Waals surface area contributed by atoms with Gasteiger partial charge < -0.3 is 9.64 Å². The molecule has 27 heavy (non-hydrogen) atoms. The van der Waals surface area contributed by atoms with Gasteiger partial charge in [0.2, 0.25) is 0 Å². The first kappa shape index (κ1) is 17.1. The van der Waals surface area contributed by atoms with E-state index in [0.29, 0.717) is 0 Å². The highest BCUT2D eigenvalue weighted by atomic mass is 32.1. The zero-order chi connectivity index (χ0) is 18.1. The van der Waals surface area contributed by atoms with Gasteiger partial charge in [0.05, 0.1) is 18.6 Å². The molecule has 0 spiro atoms. The van der Waals surface area contributed by atoms with E-state index in [2.05, 4.69) is 9.88 Å². The van der Waals surface area contributed by atoms with Crippen molar-refractivity contribution in [1.29, 1.82) is 0 Å². The lowest BCUT2D eigenvalue weighted by Gasteiger charge is -2.29. The van der Waals surface area contributed by atoms with Crippen LogP contribution in [0.2, 0.25) is 0 Å². The maximum absolute atomic E-state index is 5.59. The summed E-state index contributed by atoms with van der Waals surface area (Å²) in [5, 5.41) is 1.30. The second-order valence-corrected chi connectivity index (χ2v) is 8.39. The van der Waals surface area contributed by atoms with Gasteiger partial charge in [0.1, 0.15) is 10.6 Å². The van der Waals surface area contributed by atoms with Crippen molar-refractivity contribution in [3.63, 3.8) is 0 Å². The van der Waals surface area contributed by atoms with Gasteiger partial charge in [0.15, 0.2) is 5.82 Å². The van der Waals surface area contributed by atoms with Crippen molar-refractivity contribution in [3.8, 4) is 11.4 Å². The van der Waals surface area contributed by atoms with E-state index >= 15 is 0 Å². The molecule has 1 saturated heterocycles. The molecular formula is C21H24N4OS. The van der Waals surface area contributed by atoms with E-state index in [0.717, 1.165) is 54.8 Å². The summed E-state index contributed by atoms with van der Waals surface area (Å²) in [4.78, 5) is 19.3. The maximum Gasteiger partial charge on any atom is 0.163 e. The maximum atomic E-state index is 5.59. The van der Waals surface area contributed by atoms with Gasteiger partial charge in [-0.25, -0.2) is 9.97 Å². The number of hydrogen-bond acceptors (Lipinski definition) is 6. The summed E-state index contributed by atoms with van der Waals surface area (Å²) in [5.74, 6) is 1.91. The van der Waals surface area contributed by atoms with Gasteiger partial charge in [0.25, 0.3) is 0 Å². The van der Waals surface area contributed by atoms with Crippen molar-refractivity contribution in [1.82, 2.24) is 15.0 Å². The number of hydrogen-bond donors (Lipinski definition) is 0. The molecule has 0 unspecified atom stereocenters. The molecule has 5 nitrogen and oxygen atoms in total. The normalized spacial score (nSPS) is 18.1. The molecule has 140 valence electrons. The van der Waals surface area contributed by atoms with Crippen molar-refractivity contribution >= 4 is 27.4 Å². The predicted molar refractivity (Wildman–Crippen MR) is 110 cm³/mol. The number of rotatable bonds is 2.